The van der Waals surface area contributed by atoms with E-state index in [-0.39, 0.29) is 5.97 Å². The molecule has 0 atom stereocenters. The van der Waals surface area contributed by atoms with Gasteiger partial charge in [0.2, 0.25) is 0 Å². The Bertz CT molecular complexity index is 336. The van der Waals surface area contributed by atoms with Crippen molar-refractivity contribution in [3.05, 3.63) is 23.5 Å². The van der Waals surface area contributed by atoms with Gasteiger partial charge in [0.15, 0.2) is 0 Å². The summed E-state index contributed by atoms with van der Waals surface area (Å²) in [6, 6.07) is 2.03. The third-order valence-corrected chi connectivity index (χ3v) is 1.78. The van der Waals surface area contributed by atoms with Gasteiger partial charge < -0.3 is 9.72 Å². The van der Waals surface area contributed by atoms with Crippen molar-refractivity contribution < 1.29 is 9.53 Å². The molecule has 0 bridgehead atoms. The number of carbonyl (C=O) groups is 1. The zero-order valence-corrected chi connectivity index (χ0v) is 7.33. The van der Waals surface area contributed by atoms with Crippen LogP contribution in [-0.4, -0.2) is 18.1 Å². The first-order chi connectivity index (χ1) is 6.27. The van der Waals surface area contributed by atoms with E-state index < -0.39 is 0 Å². The van der Waals surface area contributed by atoms with Crippen molar-refractivity contribution in [1.29, 1.82) is 5.26 Å². The summed E-state index contributed by atoms with van der Waals surface area (Å²) in [4.78, 5) is 13.6. The van der Waals surface area contributed by atoms with Crippen molar-refractivity contribution >= 4 is 5.97 Å². The quantitative estimate of drug-likeness (QED) is 0.702. The molecule has 0 radical (unpaired) electrons. The maximum atomic E-state index is 10.8. The Morgan fingerprint density at radius 2 is 2.46 bits per heavy atom. The molecule has 1 heterocycles. The summed E-state index contributed by atoms with van der Waals surface area (Å²) in [6.45, 7) is 0. The molecule has 1 N–H and O–H groups in total. The van der Waals surface area contributed by atoms with Crippen LogP contribution in [-0.2, 0) is 16.0 Å². The molecule has 0 spiro atoms. The SMILES string of the molecule is COC(=O)CCc1c[nH]cc1C#N. The minimum absolute atomic E-state index is 0.259. The van der Waals surface area contributed by atoms with Gasteiger partial charge in [-0.25, -0.2) is 0 Å². The van der Waals surface area contributed by atoms with Crippen LogP contribution in [0.1, 0.15) is 17.5 Å². The zero-order valence-electron chi connectivity index (χ0n) is 7.33. The van der Waals surface area contributed by atoms with Crippen LogP contribution in [0.25, 0.3) is 0 Å². The molecule has 1 aromatic rings. The second kappa shape index (κ2) is 4.31. The van der Waals surface area contributed by atoms with Crippen molar-refractivity contribution in [3.8, 4) is 6.07 Å². The normalized spacial score (nSPS) is 9.23. The van der Waals surface area contributed by atoms with E-state index in [1.807, 2.05) is 6.07 Å². The highest BCUT2D eigenvalue weighted by atomic mass is 16.5. The van der Waals surface area contributed by atoms with E-state index in [1.54, 1.807) is 12.4 Å². The second-order valence-corrected chi connectivity index (χ2v) is 2.58. The maximum absolute atomic E-state index is 10.8. The van der Waals surface area contributed by atoms with E-state index in [1.165, 1.54) is 7.11 Å². The van der Waals surface area contributed by atoms with Crippen LogP contribution in [0.2, 0.25) is 0 Å². The lowest BCUT2D eigenvalue weighted by Crippen LogP contribution is -2.01. The smallest absolute Gasteiger partial charge is 0.305 e. The van der Waals surface area contributed by atoms with Gasteiger partial charge in [0.1, 0.15) is 6.07 Å². The zero-order chi connectivity index (χ0) is 9.68. The summed E-state index contributed by atoms with van der Waals surface area (Å²) in [6.07, 6.45) is 4.19. The number of hydrogen-bond donors (Lipinski definition) is 1. The molecular formula is C9H10N2O2. The number of aromatic amines is 1. The number of aryl methyl sites for hydroxylation is 1. The summed E-state index contributed by atoms with van der Waals surface area (Å²) < 4.78 is 4.49. The van der Waals surface area contributed by atoms with Crippen molar-refractivity contribution in [2.45, 2.75) is 12.8 Å². The molecule has 68 valence electrons. The number of methoxy groups -OCH3 is 1. The predicted octanol–water partition coefficient (Wildman–Crippen LogP) is 0.992. The molecule has 0 unspecified atom stereocenters. The van der Waals surface area contributed by atoms with Gasteiger partial charge in [-0.05, 0) is 12.0 Å². The number of carbonyl (C=O) groups excluding carboxylic acids is 1. The summed E-state index contributed by atoms with van der Waals surface area (Å²) in [5.41, 5.74) is 1.44. The van der Waals surface area contributed by atoms with E-state index in [2.05, 4.69) is 9.72 Å². The van der Waals surface area contributed by atoms with Crippen LogP contribution in [0.15, 0.2) is 12.4 Å². The van der Waals surface area contributed by atoms with Gasteiger partial charge in [-0.2, -0.15) is 5.26 Å². The fourth-order valence-electron chi connectivity index (χ4n) is 1.05. The molecule has 0 saturated carbocycles. The van der Waals surface area contributed by atoms with Gasteiger partial charge in [0.05, 0.1) is 12.7 Å². The Labute approximate surface area is 76.1 Å². The third kappa shape index (κ3) is 2.34. The Hall–Kier alpha value is -1.76. The average Bonchev–Trinajstić information content (AvgIpc) is 2.61. The standard InChI is InChI=1S/C9H10N2O2/c1-13-9(12)3-2-7-5-11-6-8(7)4-10/h5-6,11H,2-3H2,1H3. The van der Waals surface area contributed by atoms with Gasteiger partial charge in [0, 0.05) is 18.8 Å². The van der Waals surface area contributed by atoms with Gasteiger partial charge >= 0.3 is 5.97 Å². The number of H-pyrrole nitrogens is 1. The molecule has 0 aromatic carbocycles. The molecule has 13 heavy (non-hydrogen) atoms. The van der Waals surface area contributed by atoms with E-state index in [4.69, 9.17) is 5.26 Å². The first-order valence-electron chi connectivity index (χ1n) is 3.90. The second-order valence-electron chi connectivity index (χ2n) is 2.58. The maximum Gasteiger partial charge on any atom is 0.305 e. The van der Waals surface area contributed by atoms with Crippen LogP contribution in [0, 0.1) is 11.3 Å². The number of nitriles is 1. The molecule has 0 aliphatic rings. The monoisotopic (exact) mass is 178 g/mol. The molecular weight excluding hydrogens is 168 g/mol. The number of nitrogens with one attached hydrogen (secondary N) is 1. The minimum Gasteiger partial charge on any atom is -0.469 e. The van der Waals surface area contributed by atoms with E-state index >= 15 is 0 Å². The molecule has 1 aromatic heterocycles. The molecule has 4 nitrogen and oxygen atoms in total. The number of hydrogen-bond acceptors (Lipinski definition) is 3. The topological polar surface area (TPSA) is 65.9 Å². The highest BCUT2D eigenvalue weighted by Gasteiger charge is 2.05. The van der Waals surface area contributed by atoms with Crippen LogP contribution < -0.4 is 0 Å². The van der Waals surface area contributed by atoms with Crippen molar-refractivity contribution in [2.24, 2.45) is 0 Å². The summed E-state index contributed by atoms with van der Waals surface area (Å²) >= 11 is 0. The minimum atomic E-state index is -0.259. The Kier molecular flexibility index (Phi) is 3.09. The molecule has 0 saturated heterocycles. The number of ether oxygens (including phenoxy) is 1. The Balaban J connectivity index is 2.55. The van der Waals surface area contributed by atoms with Crippen LogP contribution >= 0.6 is 0 Å². The van der Waals surface area contributed by atoms with Crippen molar-refractivity contribution in [3.63, 3.8) is 0 Å². The van der Waals surface area contributed by atoms with Gasteiger partial charge in [-0.1, -0.05) is 0 Å². The first kappa shape index (κ1) is 9.33. The van der Waals surface area contributed by atoms with E-state index in [0.29, 0.717) is 18.4 Å². The number of rotatable bonds is 3. The summed E-state index contributed by atoms with van der Waals surface area (Å²) in [7, 11) is 1.35. The van der Waals surface area contributed by atoms with E-state index in [9.17, 15) is 4.79 Å². The summed E-state index contributed by atoms with van der Waals surface area (Å²) in [5.74, 6) is -0.259. The molecule has 4 heteroatoms. The first-order valence-corrected chi connectivity index (χ1v) is 3.90. The van der Waals surface area contributed by atoms with Crippen LogP contribution in [0.4, 0.5) is 0 Å². The van der Waals surface area contributed by atoms with Gasteiger partial charge in [0.25, 0.3) is 0 Å². The molecule has 0 fully saturated rings. The number of nitrogens with zero attached hydrogens (tertiary/aromatic N) is 1. The molecule has 0 amide bonds. The average molecular weight is 178 g/mol. The highest BCUT2D eigenvalue weighted by Crippen LogP contribution is 2.08. The van der Waals surface area contributed by atoms with Crippen LogP contribution in [0.5, 0.6) is 0 Å². The van der Waals surface area contributed by atoms with E-state index in [0.717, 1.165) is 5.56 Å². The molecule has 0 aliphatic carbocycles. The predicted molar refractivity (Wildman–Crippen MR) is 45.8 cm³/mol. The van der Waals surface area contributed by atoms with Crippen molar-refractivity contribution in [2.75, 3.05) is 7.11 Å². The molecule has 0 aliphatic heterocycles. The lowest BCUT2D eigenvalue weighted by atomic mass is 10.1. The largest absolute Gasteiger partial charge is 0.469 e. The lowest BCUT2D eigenvalue weighted by molar-refractivity contribution is -0.140. The molecule has 1 rings (SSSR count). The van der Waals surface area contributed by atoms with Gasteiger partial charge in [-0.15, -0.1) is 0 Å². The summed E-state index contributed by atoms with van der Waals surface area (Å²) in [5, 5.41) is 8.64. The fraction of sp³-hybridized carbons (Fsp3) is 0.333. The highest BCUT2D eigenvalue weighted by molar-refractivity contribution is 5.69. The Morgan fingerprint density at radius 3 is 3.08 bits per heavy atom. The van der Waals surface area contributed by atoms with Crippen LogP contribution in [0.3, 0.4) is 0 Å². The number of esters is 1. The van der Waals surface area contributed by atoms with Gasteiger partial charge in [-0.3, -0.25) is 4.79 Å². The number of aromatic nitrogens is 1. The third-order valence-electron chi connectivity index (χ3n) is 1.78. The lowest BCUT2D eigenvalue weighted by Gasteiger charge is -1.97. The fourth-order valence-corrected chi connectivity index (χ4v) is 1.05. The van der Waals surface area contributed by atoms with Crippen molar-refractivity contribution in [1.82, 2.24) is 4.98 Å². The Morgan fingerprint density at radius 1 is 1.69 bits per heavy atom.